The zero-order valence-electron chi connectivity index (χ0n) is 9.50. The van der Waals surface area contributed by atoms with Crippen LogP contribution in [0.5, 0.6) is 0 Å². The summed E-state index contributed by atoms with van der Waals surface area (Å²) in [6.45, 7) is 5.97. The van der Waals surface area contributed by atoms with Gasteiger partial charge in [0.2, 0.25) is 5.43 Å². The van der Waals surface area contributed by atoms with E-state index in [2.05, 4.69) is 29.8 Å². The Morgan fingerprint density at radius 3 is 2.62 bits per heavy atom. The van der Waals surface area contributed by atoms with Crippen LogP contribution < -0.4 is 5.43 Å². The molecule has 2 aromatic rings. The molecule has 0 atom stereocenters. The van der Waals surface area contributed by atoms with E-state index in [1.165, 1.54) is 0 Å². The number of rotatable bonds is 1. The molecule has 16 heavy (non-hydrogen) atoms. The van der Waals surface area contributed by atoms with Crippen LogP contribution in [0.4, 0.5) is 0 Å². The lowest BCUT2D eigenvalue weighted by Crippen LogP contribution is -1.96. The van der Waals surface area contributed by atoms with E-state index in [1.807, 2.05) is 19.1 Å². The van der Waals surface area contributed by atoms with Crippen LogP contribution in [0.1, 0.15) is 31.1 Å². The molecular formula is C13H13BrO2. The highest BCUT2D eigenvalue weighted by atomic mass is 79.9. The topological polar surface area (TPSA) is 30.2 Å². The summed E-state index contributed by atoms with van der Waals surface area (Å²) in [5.74, 6) is 1.08. The van der Waals surface area contributed by atoms with Crippen molar-refractivity contribution in [3.8, 4) is 0 Å². The number of furan rings is 1. The highest BCUT2D eigenvalue weighted by Crippen LogP contribution is 2.28. The zero-order valence-corrected chi connectivity index (χ0v) is 11.1. The van der Waals surface area contributed by atoms with Gasteiger partial charge in [-0.3, -0.25) is 4.79 Å². The molecule has 0 spiro atoms. The normalized spacial score (nSPS) is 11.3. The van der Waals surface area contributed by atoms with Crippen molar-refractivity contribution < 1.29 is 4.42 Å². The molecule has 2 nitrogen and oxygen atoms in total. The fourth-order valence-electron chi connectivity index (χ4n) is 1.68. The standard InChI is InChI=1S/C13H13BrO2/c1-7(2)9-4-5-10-12(14)8(3)16-13(10)11(15)6-9/h4-7H,1-3H3. The first-order valence-corrected chi connectivity index (χ1v) is 6.03. The number of halogens is 1. The first-order valence-electron chi connectivity index (χ1n) is 5.23. The monoisotopic (exact) mass is 280 g/mol. The van der Waals surface area contributed by atoms with Crippen molar-refractivity contribution in [1.29, 1.82) is 0 Å². The van der Waals surface area contributed by atoms with E-state index in [0.29, 0.717) is 11.5 Å². The van der Waals surface area contributed by atoms with Crippen LogP contribution in [0, 0.1) is 6.92 Å². The highest BCUT2D eigenvalue weighted by Gasteiger charge is 2.10. The van der Waals surface area contributed by atoms with Gasteiger partial charge in [0.1, 0.15) is 5.76 Å². The molecule has 1 aromatic heterocycles. The Hall–Kier alpha value is -1.09. The maximum absolute atomic E-state index is 12.0. The Morgan fingerprint density at radius 2 is 2.00 bits per heavy atom. The maximum Gasteiger partial charge on any atom is 0.221 e. The largest absolute Gasteiger partial charge is 0.456 e. The van der Waals surface area contributed by atoms with Crippen molar-refractivity contribution >= 4 is 26.9 Å². The lowest BCUT2D eigenvalue weighted by atomic mass is 10.1. The molecular weight excluding hydrogens is 268 g/mol. The van der Waals surface area contributed by atoms with Gasteiger partial charge in [0.25, 0.3) is 0 Å². The molecule has 3 heteroatoms. The maximum atomic E-state index is 12.0. The molecule has 0 radical (unpaired) electrons. The van der Waals surface area contributed by atoms with E-state index < -0.39 is 0 Å². The minimum Gasteiger partial charge on any atom is -0.456 e. The molecule has 0 saturated heterocycles. The van der Waals surface area contributed by atoms with Gasteiger partial charge in [0.05, 0.1) is 4.47 Å². The van der Waals surface area contributed by atoms with Crippen LogP contribution in [-0.4, -0.2) is 0 Å². The summed E-state index contributed by atoms with van der Waals surface area (Å²) in [5, 5.41) is 0.842. The number of fused-ring (bicyclic) bond motifs is 1. The second-order valence-electron chi connectivity index (χ2n) is 4.21. The van der Waals surface area contributed by atoms with Gasteiger partial charge < -0.3 is 4.42 Å². The number of hydrogen-bond acceptors (Lipinski definition) is 2. The molecule has 0 amide bonds. The molecule has 0 aliphatic carbocycles. The van der Waals surface area contributed by atoms with Gasteiger partial charge >= 0.3 is 0 Å². The van der Waals surface area contributed by atoms with E-state index in [4.69, 9.17) is 4.42 Å². The van der Waals surface area contributed by atoms with Crippen LogP contribution in [0.25, 0.3) is 11.0 Å². The Morgan fingerprint density at radius 1 is 1.31 bits per heavy atom. The van der Waals surface area contributed by atoms with Gasteiger partial charge in [-0.1, -0.05) is 19.9 Å². The van der Waals surface area contributed by atoms with Crippen molar-refractivity contribution in [2.24, 2.45) is 0 Å². The van der Waals surface area contributed by atoms with Crippen molar-refractivity contribution in [1.82, 2.24) is 0 Å². The van der Waals surface area contributed by atoms with E-state index in [1.54, 1.807) is 6.07 Å². The zero-order chi connectivity index (χ0) is 11.9. The fourth-order valence-corrected chi connectivity index (χ4v) is 2.07. The van der Waals surface area contributed by atoms with Gasteiger partial charge in [-0.25, -0.2) is 0 Å². The smallest absolute Gasteiger partial charge is 0.221 e. The molecule has 1 heterocycles. The summed E-state index contributed by atoms with van der Waals surface area (Å²) in [6.07, 6.45) is 0. The third-order valence-electron chi connectivity index (χ3n) is 2.68. The average molecular weight is 281 g/mol. The Bertz CT molecular complexity index is 597. The third kappa shape index (κ3) is 1.80. The van der Waals surface area contributed by atoms with Crippen LogP contribution >= 0.6 is 15.9 Å². The second kappa shape index (κ2) is 4.06. The Balaban J connectivity index is 2.87. The van der Waals surface area contributed by atoms with Crippen molar-refractivity contribution in [3.63, 3.8) is 0 Å². The summed E-state index contributed by atoms with van der Waals surface area (Å²) in [7, 11) is 0. The SMILES string of the molecule is Cc1oc2c(=O)cc(C(C)C)ccc2c1Br. The molecule has 2 rings (SSSR count). The first-order chi connectivity index (χ1) is 7.50. The minimum atomic E-state index is -0.0579. The average Bonchev–Trinajstić information content (AvgIpc) is 2.42. The van der Waals surface area contributed by atoms with Gasteiger partial charge in [0, 0.05) is 5.39 Å². The summed E-state index contributed by atoms with van der Waals surface area (Å²) < 4.78 is 6.33. The Labute approximate surface area is 102 Å². The molecule has 0 N–H and O–H groups in total. The second-order valence-corrected chi connectivity index (χ2v) is 5.00. The van der Waals surface area contributed by atoms with Gasteiger partial charge in [0.15, 0.2) is 5.58 Å². The quantitative estimate of drug-likeness (QED) is 0.791. The summed E-state index contributed by atoms with van der Waals surface area (Å²) in [4.78, 5) is 12.0. The fraction of sp³-hybridized carbons (Fsp3) is 0.308. The molecule has 0 fully saturated rings. The van der Waals surface area contributed by atoms with Gasteiger partial charge in [-0.2, -0.15) is 0 Å². The first kappa shape index (κ1) is 11.4. The van der Waals surface area contributed by atoms with E-state index in [-0.39, 0.29) is 5.43 Å². The van der Waals surface area contributed by atoms with E-state index in [9.17, 15) is 4.79 Å². The lowest BCUT2D eigenvalue weighted by molar-refractivity contribution is 0.573. The Kier molecular flexibility index (Phi) is 2.89. The van der Waals surface area contributed by atoms with Crippen LogP contribution in [0.2, 0.25) is 0 Å². The summed E-state index contributed by atoms with van der Waals surface area (Å²) in [5.41, 5.74) is 1.40. The number of hydrogen-bond donors (Lipinski definition) is 0. The molecule has 84 valence electrons. The highest BCUT2D eigenvalue weighted by molar-refractivity contribution is 9.10. The van der Waals surface area contributed by atoms with E-state index in [0.717, 1.165) is 21.2 Å². The lowest BCUT2D eigenvalue weighted by Gasteiger charge is -1.99. The predicted octanol–water partition coefficient (Wildman–Crippen LogP) is 3.99. The van der Waals surface area contributed by atoms with Crippen LogP contribution in [0.3, 0.4) is 0 Å². The summed E-state index contributed by atoms with van der Waals surface area (Å²) in [6, 6.07) is 5.57. The van der Waals surface area contributed by atoms with Crippen molar-refractivity contribution in [2.45, 2.75) is 26.7 Å². The van der Waals surface area contributed by atoms with Gasteiger partial charge in [-0.05, 0) is 46.5 Å². The number of aryl methyl sites for hydroxylation is 1. The van der Waals surface area contributed by atoms with Crippen molar-refractivity contribution in [3.05, 3.63) is 44.2 Å². The molecule has 0 aliphatic heterocycles. The minimum absolute atomic E-state index is 0.0579. The third-order valence-corrected chi connectivity index (χ3v) is 3.66. The van der Waals surface area contributed by atoms with E-state index >= 15 is 0 Å². The van der Waals surface area contributed by atoms with Gasteiger partial charge in [-0.15, -0.1) is 0 Å². The molecule has 0 unspecified atom stereocenters. The molecule has 0 aliphatic rings. The molecule has 0 bridgehead atoms. The van der Waals surface area contributed by atoms with Crippen molar-refractivity contribution in [2.75, 3.05) is 0 Å². The predicted molar refractivity (Wildman–Crippen MR) is 69.0 cm³/mol. The summed E-state index contributed by atoms with van der Waals surface area (Å²) >= 11 is 3.43. The molecule has 0 saturated carbocycles. The molecule has 1 aromatic carbocycles. The van der Waals surface area contributed by atoms with Crippen LogP contribution in [-0.2, 0) is 0 Å². The van der Waals surface area contributed by atoms with Crippen LogP contribution in [0.15, 0.2) is 31.9 Å².